The molecule has 0 radical (unpaired) electrons. The van der Waals surface area contributed by atoms with E-state index in [9.17, 15) is 14.7 Å². The van der Waals surface area contributed by atoms with Gasteiger partial charge in [0.2, 0.25) is 0 Å². The molecule has 1 fully saturated rings. The zero-order valence-corrected chi connectivity index (χ0v) is 13.4. The summed E-state index contributed by atoms with van der Waals surface area (Å²) in [4.78, 5) is 33.9. The van der Waals surface area contributed by atoms with E-state index in [0.29, 0.717) is 32.5 Å². The Hall–Kier alpha value is -1.90. The fourth-order valence-corrected chi connectivity index (χ4v) is 2.07. The van der Waals surface area contributed by atoms with Gasteiger partial charge in [0.1, 0.15) is 6.23 Å². The van der Waals surface area contributed by atoms with Crippen LogP contribution in [0.15, 0.2) is 24.8 Å². The van der Waals surface area contributed by atoms with E-state index in [1.165, 1.54) is 13.0 Å². The van der Waals surface area contributed by atoms with Gasteiger partial charge in [-0.05, 0) is 32.4 Å². The number of aliphatic hydroxyl groups is 1. The summed E-state index contributed by atoms with van der Waals surface area (Å²) in [6.07, 6.45) is 1.90. The predicted molar refractivity (Wildman–Crippen MR) is 84.2 cm³/mol. The lowest BCUT2D eigenvalue weighted by atomic mass is 10.2. The summed E-state index contributed by atoms with van der Waals surface area (Å²) in [6.45, 7) is 10.3. The summed E-state index contributed by atoms with van der Waals surface area (Å²) in [6, 6.07) is -0.0804. The van der Waals surface area contributed by atoms with Crippen LogP contribution >= 0.6 is 0 Å². The molecule has 2 amide bonds. The van der Waals surface area contributed by atoms with E-state index >= 15 is 0 Å². The number of carbonyl (C=O) groups excluding carboxylic acids is 2. The van der Waals surface area contributed by atoms with Crippen LogP contribution in [-0.4, -0.2) is 60.5 Å². The lowest BCUT2D eigenvalue weighted by Crippen LogP contribution is -2.38. The summed E-state index contributed by atoms with van der Waals surface area (Å²) < 4.78 is 0. The number of urea groups is 1. The van der Waals surface area contributed by atoms with Gasteiger partial charge in [0.05, 0.1) is 12.6 Å². The summed E-state index contributed by atoms with van der Waals surface area (Å²) >= 11 is 0. The maximum atomic E-state index is 11.8. The van der Waals surface area contributed by atoms with E-state index in [2.05, 4.69) is 28.7 Å². The monoisotopic (exact) mass is 327 g/mol. The molecule has 2 unspecified atom stereocenters. The van der Waals surface area contributed by atoms with Crippen molar-refractivity contribution in [1.29, 1.82) is 0 Å². The lowest BCUT2D eigenvalue weighted by molar-refractivity contribution is -0.268. The Morgan fingerprint density at radius 2 is 2.39 bits per heavy atom. The number of hydrogen-bond donors (Lipinski definition) is 3. The molecule has 0 aromatic carbocycles. The lowest BCUT2D eigenvalue weighted by Gasteiger charge is -2.23. The highest BCUT2D eigenvalue weighted by molar-refractivity contribution is 5.86. The number of aliphatic hydroxyl groups excluding tert-OH is 1. The van der Waals surface area contributed by atoms with Crippen LogP contribution in [0.5, 0.6) is 0 Å². The van der Waals surface area contributed by atoms with Crippen molar-refractivity contribution in [2.45, 2.75) is 32.0 Å². The second-order valence-electron chi connectivity index (χ2n) is 5.28. The number of carbonyl (C=O) groups is 2. The minimum atomic E-state index is -0.745. The Kier molecular flexibility index (Phi) is 8.31. The minimum absolute atomic E-state index is 0.0463. The Balaban J connectivity index is 2.24. The summed E-state index contributed by atoms with van der Waals surface area (Å²) in [5.41, 5.74) is 0.262. The Bertz CT molecular complexity index is 441. The van der Waals surface area contributed by atoms with Gasteiger partial charge in [-0.1, -0.05) is 13.2 Å². The van der Waals surface area contributed by atoms with Gasteiger partial charge in [-0.25, -0.2) is 9.59 Å². The molecule has 1 heterocycles. The van der Waals surface area contributed by atoms with E-state index in [-0.39, 0.29) is 24.3 Å². The average molecular weight is 327 g/mol. The first kappa shape index (κ1) is 19.1. The van der Waals surface area contributed by atoms with Gasteiger partial charge in [0, 0.05) is 18.7 Å². The molecule has 1 aliphatic heterocycles. The van der Waals surface area contributed by atoms with Gasteiger partial charge in [0.15, 0.2) is 0 Å². The van der Waals surface area contributed by atoms with E-state index in [1.54, 1.807) is 4.90 Å². The van der Waals surface area contributed by atoms with Crippen molar-refractivity contribution in [3.8, 4) is 0 Å². The molecule has 8 nitrogen and oxygen atoms in total. The molecular formula is C15H25N3O5. The molecule has 1 rings (SSSR count). The van der Waals surface area contributed by atoms with Crippen LogP contribution in [-0.2, 0) is 14.6 Å². The van der Waals surface area contributed by atoms with Crippen molar-refractivity contribution < 1.29 is 24.5 Å². The first-order valence-corrected chi connectivity index (χ1v) is 7.53. The van der Waals surface area contributed by atoms with Crippen LogP contribution in [0.3, 0.4) is 0 Å². The molecule has 0 saturated carbocycles. The largest absolute Gasteiger partial charge is 0.375 e. The predicted octanol–water partition coefficient (Wildman–Crippen LogP) is 0.305. The van der Waals surface area contributed by atoms with Gasteiger partial charge in [0.25, 0.3) is 0 Å². The van der Waals surface area contributed by atoms with Crippen LogP contribution in [0, 0.1) is 0 Å². The Morgan fingerprint density at radius 3 is 3.04 bits per heavy atom. The quantitative estimate of drug-likeness (QED) is 0.126. The molecule has 3 N–H and O–H groups in total. The van der Waals surface area contributed by atoms with E-state index in [0.717, 1.165) is 0 Å². The second-order valence-corrected chi connectivity index (χ2v) is 5.28. The zero-order valence-electron chi connectivity index (χ0n) is 13.4. The minimum Gasteiger partial charge on any atom is -0.375 e. The van der Waals surface area contributed by atoms with Crippen LogP contribution in [0.4, 0.5) is 4.79 Å². The molecular weight excluding hydrogens is 302 g/mol. The molecule has 0 aromatic rings. The van der Waals surface area contributed by atoms with E-state index in [4.69, 9.17) is 4.89 Å². The third-order valence-electron chi connectivity index (χ3n) is 3.35. The van der Waals surface area contributed by atoms with Gasteiger partial charge >= 0.3 is 12.0 Å². The van der Waals surface area contributed by atoms with Gasteiger partial charge in [-0.2, -0.15) is 4.89 Å². The Labute approximate surface area is 136 Å². The van der Waals surface area contributed by atoms with Crippen molar-refractivity contribution in [3.05, 3.63) is 24.8 Å². The average Bonchev–Trinajstić information content (AvgIpc) is 2.87. The maximum absolute atomic E-state index is 11.8. The van der Waals surface area contributed by atoms with Gasteiger partial charge in [-0.15, -0.1) is 0 Å². The van der Waals surface area contributed by atoms with Gasteiger partial charge < -0.3 is 15.3 Å². The zero-order chi connectivity index (χ0) is 17.2. The number of hydrogen-bond acceptors (Lipinski definition) is 6. The smallest absolute Gasteiger partial charge is 0.368 e. The highest BCUT2D eigenvalue weighted by Gasteiger charge is 2.29. The molecule has 1 saturated heterocycles. The van der Waals surface area contributed by atoms with Crippen LogP contribution in [0.25, 0.3) is 0 Å². The van der Waals surface area contributed by atoms with Crippen LogP contribution in [0.1, 0.15) is 19.8 Å². The first-order chi connectivity index (χ1) is 11.0. The summed E-state index contributed by atoms with van der Waals surface area (Å²) in [5, 5.41) is 15.0. The van der Waals surface area contributed by atoms with Crippen molar-refractivity contribution in [2.75, 3.05) is 26.2 Å². The SMILES string of the molecule is C=CC(O)NCCC1CNC(=O)N1CCCOOC(=O)C(=C)C. The summed E-state index contributed by atoms with van der Waals surface area (Å²) in [5.74, 6) is -0.603. The third-order valence-corrected chi connectivity index (χ3v) is 3.35. The first-order valence-electron chi connectivity index (χ1n) is 7.53. The normalized spacial score (nSPS) is 18.4. The number of nitrogens with zero attached hydrogens (tertiary/aromatic N) is 1. The second kappa shape index (κ2) is 9.98. The molecule has 2 atom stereocenters. The van der Waals surface area contributed by atoms with Crippen molar-refractivity contribution >= 4 is 12.0 Å². The van der Waals surface area contributed by atoms with Crippen molar-refractivity contribution in [3.63, 3.8) is 0 Å². The molecule has 130 valence electrons. The maximum Gasteiger partial charge on any atom is 0.368 e. The van der Waals surface area contributed by atoms with Crippen molar-refractivity contribution in [2.24, 2.45) is 0 Å². The van der Waals surface area contributed by atoms with Gasteiger partial charge in [-0.3, -0.25) is 10.2 Å². The molecule has 0 aliphatic carbocycles. The van der Waals surface area contributed by atoms with Crippen LogP contribution in [0.2, 0.25) is 0 Å². The van der Waals surface area contributed by atoms with E-state index in [1.807, 2.05) is 0 Å². The molecule has 0 bridgehead atoms. The van der Waals surface area contributed by atoms with Crippen molar-refractivity contribution in [1.82, 2.24) is 15.5 Å². The molecule has 1 aliphatic rings. The molecule has 0 spiro atoms. The molecule has 8 heteroatoms. The number of nitrogens with one attached hydrogen (secondary N) is 2. The highest BCUT2D eigenvalue weighted by Crippen LogP contribution is 2.11. The van der Waals surface area contributed by atoms with Crippen LogP contribution < -0.4 is 10.6 Å². The fraction of sp³-hybridized carbons (Fsp3) is 0.600. The number of rotatable bonds is 11. The standard InChI is InChI=1S/C15H25N3O5/c1-4-13(19)16-7-6-12-10-17-15(21)18(12)8-5-9-22-23-14(20)11(2)3/h4,12-13,16,19H,1-2,5-10H2,3H3,(H,17,21). The Morgan fingerprint density at radius 1 is 1.65 bits per heavy atom. The topological polar surface area (TPSA) is 100 Å². The fourth-order valence-electron chi connectivity index (χ4n) is 2.07. The number of amides is 2. The molecule has 23 heavy (non-hydrogen) atoms. The highest BCUT2D eigenvalue weighted by atomic mass is 17.2. The summed E-state index contributed by atoms with van der Waals surface area (Å²) in [7, 11) is 0. The molecule has 0 aromatic heterocycles. The van der Waals surface area contributed by atoms with E-state index < -0.39 is 12.2 Å². The third kappa shape index (κ3) is 6.81.